The van der Waals surface area contributed by atoms with Gasteiger partial charge in [0.2, 0.25) is 0 Å². The first-order valence-electron chi connectivity index (χ1n) is 5.15. The van der Waals surface area contributed by atoms with Crippen LogP contribution in [0.1, 0.15) is 30.6 Å². The van der Waals surface area contributed by atoms with E-state index in [1.165, 1.54) is 0 Å². The van der Waals surface area contributed by atoms with Gasteiger partial charge in [0.15, 0.2) is 0 Å². The lowest BCUT2D eigenvalue weighted by molar-refractivity contribution is 0.100. The summed E-state index contributed by atoms with van der Waals surface area (Å²) < 4.78 is 14.3. The van der Waals surface area contributed by atoms with Crippen molar-refractivity contribution in [2.75, 3.05) is 0 Å². The van der Waals surface area contributed by atoms with E-state index in [-0.39, 0.29) is 6.04 Å². The molecular formula is C11H16FNS. The molecule has 3 heteroatoms. The molecule has 1 aromatic rings. The predicted molar refractivity (Wildman–Crippen MR) is 58.3 cm³/mol. The van der Waals surface area contributed by atoms with Crippen molar-refractivity contribution in [3.8, 4) is 0 Å². The summed E-state index contributed by atoms with van der Waals surface area (Å²) in [6.45, 7) is 0. The second kappa shape index (κ2) is 3.99. The molecule has 1 nitrogen and oxygen atoms in total. The van der Waals surface area contributed by atoms with Gasteiger partial charge in [-0.25, -0.2) is 4.39 Å². The van der Waals surface area contributed by atoms with Crippen molar-refractivity contribution in [3.05, 3.63) is 22.4 Å². The van der Waals surface area contributed by atoms with E-state index < -0.39 is 5.67 Å². The topological polar surface area (TPSA) is 26.0 Å². The second-order valence-electron chi connectivity index (χ2n) is 4.24. The monoisotopic (exact) mass is 213 g/mol. The molecule has 0 radical (unpaired) electrons. The Hall–Kier alpha value is -0.410. The van der Waals surface area contributed by atoms with Gasteiger partial charge in [0.1, 0.15) is 5.67 Å². The molecule has 0 atom stereocenters. The van der Waals surface area contributed by atoms with Gasteiger partial charge in [-0.3, -0.25) is 0 Å². The molecule has 14 heavy (non-hydrogen) atoms. The van der Waals surface area contributed by atoms with E-state index in [4.69, 9.17) is 5.73 Å². The number of rotatable bonds is 2. The minimum Gasteiger partial charge on any atom is -0.328 e. The van der Waals surface area contributed by atoms with Crippen LogP contribution >= 0.6 is 11.3 Å². The van der Waals surface area contributed by atoms with Gasteiger partial charge in [0, 0.05) is 17.3 Å². The molecule has 2 rings (SSSR count). The Labute approximate surface area is 88.1 Å². The summed E-state index contributed by atoms with van der Waals surface area (Å²) in [6, 6.07) is 4.22. The van der Waals surface area contributed by atoms with Gasteiger partial charge < -0.3 is 5.73 Å². The molecule has 2 N–H and O–H groups in total. The summed E-state index contributed by atoms with van der Waals surface area (Å²) in [5, 5.41) is 2.01. The van der Waals surface area contributed by atoms with Crippen LogP contribution in [0.2, 0.25) is 0 Å². The third-order valence-corrected chi connectivity index (χ3v) is 3.87. The Kier molecular flexibility index (Phi) is 2.88. The van der Waals surface area contributed by atoms with Gasteiger partial charge in [0.25, 0.3) is 0 Å². The molecular weight excluding hydrogens is 197 g/mol. The van der Waals surface area contributed by atoms with E-state index in [1.54, 1.807) is 11.3 Å². The van der Waals surface area contributed by atoms with E-state index in [9.17, 15) is 4.39 Å². The van der Waals surface area contributed by atoms with Crippen molar-refractivity contribution >= 4 is 11.3 Å². The maximum atomic E-state index is 14.3. The van der Waals surface area contributed by atoms with Crippen molar-refractivity contribution in [2.45, 2.75) is 43.8 Å². The SMILES string of the molecule is NC1CCC(F)(Cc2cccs2)CC1. The summed E-state index contributed by atoms with van der Waals surface area (Å²) in [7, 11) is 0. The Morgan fingerprint density at radius 2 is 2.21 bits per heavy atom. The fourth-order valence-electron chi connectivity index (χ4n) is 2.06. The summed E-state index contributed by atoms with van der Waals surface area (Å²) in [4.78, 5) is 1.16. The van der Waals surface area contributed by atoms with E-state index in [0.717, 1.165) is 17.7 Å². The molecule has 1 saturated carbocycles. The fourth-order valence-corrected chi connectivity index (χ4v) is 2.89. The molecule has 0 spiro atoms. The minimum atomic E-state index is -0.985. The third-order valence-electron chi connectivity index (χ3n) is 3.00. The summed E-state index contributed by atoms with van der Waals surface area (Å²) in [5.74, 6) is 0. The predicted octanol–water partition coefficient (Wildman–Crippen LogP) is 2.90. The maximum Gasteiger partial charge on any atom is 0.116 e. The first kappa shape index (κ1) is 10.1. The molecule has 1 heterocycles. The quantitative estimate of drug-likeness (QED) is 0.803. The van der Waals surface area contributed by atoms with Gasteiger partial charge in [-0.05, 0) is 37.1 Å². The molecule has 0 saturated heterocycles. The van der Waals surface area contributed by atoms with Gasteiger partial charge in [-0.15, -0.1) is 11.3 Å². The lowest BCUT2D eigenvalue weighted by Gasteiger charge is -2.32. The highest BCUT2D eigenvalue weighted by Gasteiger charge is 2.34. The molecule has 1 fully saturated rings. The summed E-state index contributed by atoms with van der Waals surface area (Å²) in [5.41, 5.74) is 4.78. The van der Waals surface area contributed by atoms with E-state index >= 15 is 0 Å². The largest absolute Gasteiger partial charge is 0.328 e. The molecule has 0 aliphatic heterocycles. The van der Waals surface area contributed by atoms with Gasteiger partial charge in [0.05, 0.1) is 0 Å². The van der Waals surface area contributed by atoms with Crippen LogP contribution in [0.15, 0.2) is 17.5 Å². The number of hydrogen-bond acceptors (Lipinski definition) is 2. The highest BCUT2D eigenvalue weighted by atomic mass is 32.1. The highest BCUT2D eigenvalue weighted by molar-refractivity contribution is 7.09. The van der Waals surface area contributed by atoms with Gasteiger partial charge in [-0.2, -0.15) is 0 Å². The van der Waals surface area contributed by atoms with Gasteiger partial charge in [-0.1, -0.05) is 6.07 Å². The zero-order valence-corrected chi connectivity index (χ0v) is 9.02. The number of halogens is 1. The molecule has 1 aliphatic carbocycles. The van der Waals surface area contributed by atoms with Crippen LogP contribution in [0.3, 0.4) is 0 Å². The lowest BCUT2D eigenvalue weighted by Crippen LogP contribution is -2.36. The standard InChI is InChI=1S/C11H16FNS/c12-11(5-3-9(13)4-6-11)8-10-2-1-7-14-10/h1-2,7,9H,3-6,8,13H2. The van der Waals surface area contributed by atoms with Crippen molar-refractivity contribution in [1.29, 1.82) is 0 Å². The third kappa shape index (κ3) is 2.34. The second-order valence-corrected chi connectivity index (χ2v) is 5.28. The van der Waals surface area contributed by atoms with Crippen molar-refractivity contribution in [3.63, 3.8) is 0 Å². The first-order valence-corrected chi connectivity index (χ1v) is 6.03. The maximum absolute atomic E-state index is 14.3. The number of thiophene rings is 1. The zero-order chi connectivity index (χ0) is 10.0. The number of alkyl halides is 1. The van der Waals surface area contributed by atoms with Crippen LogP contribution in [0.25, 0.3) is 0 Å². The van der Waals surface area contributed by atoms with E-state index in [1.807, 2.05) is 17.5 Å². The molecule has 0 aromatic carbocycles. The van der Waals surface area contributed by atoms with Crippen LogP contribution in [0.5, 0.6) is 0 Å². The number of nitrogens with two attached hydrogens (primary N) is 1. The van der Waals surface area contributed by atoms with Crippen LogP contribution in [0.4, 0.5) is 4.39 Å². The Bertz CT molecular complexity index is 275. The van der Waals surface area contributed by atoms with Crippen LogP contribution in [-0.4, -0.2) is 11.7 Å². The average Bonchev–Trinajstić information content (AvgIpc) is 2.63. The normalized spacial score (nSPS) is 33.1. The zero-order valence-electron chi connectivity index (χ0n) is 8.21. The van der Waals surface area contributed by atoms with Crippen molar-refractivity contribution < 1.29 is 4.39 Å². The summed E-state index contributed by atoms with van der Waals surface area (Å²) >= 11 is 1.64. The first-order chi connectivity index (χ1) is 6.68. The highest BCUT2D eigenvalue weighted by Crippen LogP contribution is 2.35. The number of hydrogen-bond donors (Lipinski definition) is 1. The van der Waals surface area contributed by atoms with Crippen LogP contribution < -0.4 is 5.73 Å². The molecule has 0 bridgehead atoms. The Morgan fingerprint density at radius 3 is 2.79 bits per heavy atom. The molecule has 1 aliphatic rings. The van der Waals surface area contributed by atoms with Crippen molar-refractivity contribution in [1.82, 2.24) is 0 Å². The van der Waals surface area contributed by atoms with E-state index in [2.05, 4.69) is 0 Å². The molecule has 1 aromatic heterocycles. The Morgan fingerprint density at radius 1 is 1.50 bits per heavy atom. The summed E-state index contributed by atoms with van der Waals surface area (Å²) in [6.07, 6.45) is 3.51. The Balaban J connectivity index is 1.96. The van der Waals surface area contributed by atoms with Crippen molar-refractivity contribution in [2.24, 2.45) is 5.73 Å². The average molecular weight is 213 g/mol. The van der Waals surface area contributed by atoms with Gasteiger partial charge >= 0.3 is 0 Å². The smallest absolute Gasteiger partial charge is 0.116 e. The molecule has 0 unspecified atom stereocenters. The van der Waals surface area contributed by atoms with Crippen LogP contribution in [-0.2, 0) is 6.42 Å². The van der Waals surface area contributed by atoms with E-state index in [0.29, 0.717) is 19.3 Å². The molecule has 78 valence electrons. The fraction of sp³-hybridized carbons (Fsp3) is 0.636. The van der Waals surface area contributed by atoms with Crippen LogP contribution in [0, 0.1) is 0 Å². The minimum absolute atomic E-state index is 0.224. The molecule has 0 amide bonds. The lowest BCUT2D eigenvalue weighted by atomic mass is 9.81.